The summed E-state index contributed by atoms with van der Waals surface area (Å²) in [5.74, 6) is 0.331. The van der Waals surface area contributed by atoms with Crippen molar-refractivity contribution < 1.29 is 9.90 Å². The van der Waals surface area contributed by atoms with E-state index in [0.717, 1.165) is 19.5 Å². The van der Waals surface area contributed by atoms with Crippen molar-refractivity contribution in [3.8, 4) is 0 Å². The van der Waals surface area contributed by atoms with Crippen LogP contribution in [-0.4, -0.2) is 55.1 Å². The number of hydrogen-bond donors (Lipinski definition) is 2. The lowest BCUT2D eigenvalue weighted by Gasteiger charge is -2.17. The van der Waals surface area contributed by atoms with Crippen molar-refractivity contribution in [3.05, 3.63) is 0 Å². The Balaban J connectivity index is 2.14. The molecule has 4 heteroatoms. The molecule has 0 aromatic carbocycles. The van der Waals surface area contributed by atoms with Crippen molar-refractivity contribution in [1.29, 1.82) is 0 Å². The number of carbonyl (C=O) groups is 1. The number of Topliss-reactive ketones (excluding diaryl/α,β-unsaturated/α-hetero) is 1. The molecular weight excluding hydrogens is 168 g/mol. The summed E-state index contributed by atoms with van der Waals surface area (Å²) in [4.78, 5) is 13.2. The molecule has 0 bridgehead atoms. The SMILES string of the molecule is CN(CCO)CCC1NCCC1=O. The summed E-state index contributed by atoms with van der Waals surface area (Å²) in [7, 11) is 1.95. The van der Waals surface area contributed by atoms with Crippen LogP contribution in [0.1, 0.15) is 12.8 Å². The summed E-state index contributed by atoms with van der Waals surface area (Å²) >= 11 is 0. The van der Waals surface area contributed by atoms with Crippen molar-refractivity contribution >= 4 is 5.78 Å². The number of rotatable bonds is 5. The average molecular weight is 186 g/mol. The van der Waals surface area contributed by atoms with Gasteiger partial charge in [-0.15, -0.1) is 0 Å². The van der Waals surface area contributed by atoms with Gasteiger partial charge >= 0.3 is 0 Å². The highest BCUT2D eigenvalue weighted by Gasteiger charge is 2.23. The number of carbonyl (C=O) groups excluding carboxylic acids is 1. The van der Waals surface area contributed by atoms with Crippen LogP contribution >= 0.6 is 0 Å². The Morgan fingerprint density at radius 1 is 1.62 bits per heavy atom. The van der Waals surface area contributed by atoms with Gasteiger partial charge < -0.3 is 15.3 Å². The molecule has 1 aliphatic heterocycles. The van der Waals surface area contributed by atoms with Gasteiger partial charge in [0.15, 0.2) is 5.78 Å². The smallest absolute Gasteiger partial charge is 0.151 e. The van der Waals surface area contributed by atoms with E-state index in [4.69, 9.17) is 5.11 Å². The molecular formula is C9H18N2O2. The van der Waals surface area contributed by atoms with Crippen LogP contribution in [0.15, 0.2) is 0 Å². The van der Waals surface area contributed by atoms with E-state index >= 15 is 0 Å². The number of likely N-dealkylation sites (N-methyl/N-ethyl adjacent to an activating group) is 1. The zero-order chi connectivity index (χ0) is 9.68. The lowest BCUT2D eigenvalue weighted by molar-refractivity contribution is -0.118. The van der Waals surface area contributed by atoms with Crippen LogP contribution in [0.2, 0.25) is 0 Å². The van der Waals surface area contributed by atoms with Crippen LogP contribution in [0.4, 0.5) is 0 Å². The fourth-order valence-electron chi connectivity index (χ4n) is 1.55. The molecule has 0 saturated carbocycles. The molecule has 0 aromatic rings. The molecule has 1 atom stereocenters. The Hall–Kier alpha value is -0.450. The van der Waals surface area contributed by atoms with Crippen LogP contribution in [0, 0.1) is 0 Å². The number of nitrogens with zero attached hydrogens (tertiary/aromatic N) is 1. The van der Waals surface area contributed by atoms with Gasteiger partial charge in [-0.05, 0) is 20.0 Å². The second-order valence-electron chi connectivity index (χ2n) is 3.54. The predicted octanol–water partition coefficient (Wildman–Crippen LogP) is -0.768. The standard InChI is InChI=1S/C9H18N2O2/c1-11(6-7-12)5-3-8-9(13)2-4-10-8/h8,10,12H,2-7H2,1H3. The summed E-state index contributed by atoms with van der Waals surface area (Å²) in [5, 5.41) is 11.8. The lowest BCUT2D eigenvalue weighted by atomic mass is 10.1. The lowest BCUT2D eigenvalue weighted by Crippen LogP contribution is -2.33. The molecule has 76 valence electrons. The van der Waals surface area contributed by atoms with Crippen LogP contribution in [-0.2, 0) is 4.79 Å². The Bertz CT molecular complexity index is 173. The fourth-order valence-corrected chi connectivity index (χ4v) is 1.55. The second-order valence-corrected chi connectivity index (χ2v) is 3.54. The minimum Gasteiger partial charge on any atom is -0.395 e. The highest BCUT2D eigenvalue weighted by atomic mass is 16.3. The molecule has 0 aromatic heterocycles. The molecule has 4 nitrogen and oxygen atoms in total. The quantitative estimate of drug-likeness (QED) is 0.592. The zero-order valence-corrected chi connectivity index (χ0v) is 8.12. The van der Waals surface area contributed by atoms with E-state index in [2.05, 4.69) is 5.32 Å². The van der Waals surface area contributed by atoms with Crippen molar-refractivity contribution in [2.45, 2.75) is 18.9 Å². The Kier molecular flexibility index (Phi) is 4.35. The molecule has 0 spiro atoms. The van der Waals surface area contributed by atoms with E-state index in [1.807, 2.05) is 11.9 Å². The van der Waals surface area contributed by atoms with E-state index in [1.54, 1.807) is 0 Å². The maximum atomic E-state index is 11.2. The molecule has 0 aliphatic carbocycles. The summed E-state index contributed by atoms with van der Waals surface area (Å²) in [6, 6.07) is 0.0566. The average Bonchev–Trinajstić information content (AvgIpc) is 2.48. The third-order valence-electron chi connectivity index (χ3n) is 2.43. The molecule has 1 saturated heterocycles. The van der Waals surface area contributed by atoms with E-state index in [1.165, 1.54) is 0 Å². The van der Waals surface area contributed by atoms with Crippen LogP contribution < -0.4 is 5.32 Å². The topological polar surface area (TPSA) is 52.6 Å². The van der Waals surface area contributed by atoms with E-state index in [-0.39, 0.29) is 12.6 Å². The molecule has 1 aliphatic rings. The maximum absolute atomic E-state index is 11.2. The van der Waals surface area contributed by atoms with Gasteiger partial charge in [0.05, 0.1) is 12.6 Å². The first kappa shape index (κ1) is 10.6. The molecule has 13 heavy (non-hydrogen) atoms. The Morgan fingerprint density at radius 2 is 2.38 bits per heavy atom. The fraction of sp³-hybridized carbons (Fsp3) is 0.889. The number of aliphatic hydroxyl groups is 1. The van der Waals surface area contributed by atoms with Gasteiger partial charge in [0.2, 0.25) is 0 Å². The minimum atomic E-state index is 0.0566. The van der Waals surface area contributed by atoms with Crippen LogP contribution in [0.25, 0.3) is 0 Å². The van der Waals surface area contributed by atoms with Gasteiger partial charge in [-0.1, -0.05) is 0 Å². The summed E-state index contributed by atoms with van der Waals surface area (Å²) in [6.07, 6.45) is 1.53. The molecule has 1 unspecified atom stereocenters. The number of hydrogen-bond acceptors (Lipinski definition) is 4. The van der Waals surface area contributed by atoms with E-state index in [0.29, 0.717) is 18.7 Å². The Labute approximate surface area is 78.9 Å². The third-order valence-corrected chi connectivity index (χ3v) is 2.43. The predicted molar refractivity (Wildman–Crippen MR) is 50.6 cm³/mol. The minimum absolute atomic E-state index is 0.0566. The van der Waals surface area contributed by atoms with E-state index < -0.39 is 0 Å². The maximum Gasteiger partial charge on any atom is 0.151 e. The van der Waals surface area contributed by atoms with Crippen LogP contribution in [0.3, 0.4) is 0 Å². The second kappa shape index (κ2) is 5.32. The normalized spacial score (nSPS) is 23.0. The largest absolute Gasteiger partial charge is 0.395 e. The molecule has 1 rings (SSSR count). The van der Waals surface area contributed by atoms with Gasteiger partial charge in [-0.25, -0.2) is 0 Å². The summed E-state index contributed by atoms with van der Waals surface area (Å²) in [5.41, 5.74) is 0. The van der Waals surface area contributed by atoms with Gasteiger partial charge in [-0.3, -0.25) is 4.79 Å². The van der Waals surface area contributed by atoms with Crippen LogP contribution in [0.5, 0.6) is 0 Å². The summed E-state index contributed by atoms with van der Waals surface area (Å²) < 4.78 is 0. The number of aliphatic hydroxyl groups excluding tert-OH is 1. The van der Waals surface area contributed by atoms with Gasteiger partial charge in [0.1, 0.15) is 0 Å². The molecule has 2 N–H and O–H groups in total. The monoisotopic (exact) mass is 186 g/mol. The third kappa shape index (κ3) is 3.42. The van der Waals surface area contributed by atoms with E-state index in [9.17, 15) is 4.79 Å². The highest BCUT2D eigenvalue weighted by molar-refractivity contribution is 5.86. The van der Waals surface area contributed by atoms with Crippen molar-refractivity contribution in [1.82, 2.24) is 10.2 Å². The van der Waals surface area contributed by atoms with Crippen molar-refractivity contribution in [2.24, 2.45) is 0 Å². The number of ketones is 1. The van der Waals surface area contributed by atoms with Gasteiger partial charge in [0.25, 0.3) is 0 Å². The Morgan fingerprint density at radius 3 is 2.92 bits per heavy atom. The molecule has 0 radical (unpaired) electrons. The first-order valence-electron chi connectivity index (χ1n) is 4.79. The van der Waals surface area contributed by atoms with Crippen molar-refractivity contribution in [2.75, 3.05) is 33.3 Å². The first-order chi connectivity index (χ1) is 6.24. The first-order valence-corrected chi connectivity index (χ1v) is 4.79. The zero-order valence-electron chi connectivity index (χ0n) is 8.12. The highest BCUT2D eigenvalue weighted by Crippen LogP contribution is 2.05. The molecule has 1 fully saturated rings. The molecule has 1 heterocycles. The van der Waals surface area contributed by atoms with Gasteiger partial charge in [0, 0.05) is 19.5 Å². The molecule has 0 amide bonds. The number of nitrogens with one attached hydrogen (secondary N) is 1. The van der Waals surface area contributed by atoms with Crippen molar-refractivity contribution in [3.63, 3.8) is 0 Å². The summed E-state index contributed by atoms with van der Waals surface area (Å²) in [6.45, 7) is 2.56. The van der Waals surface area contributed by atoms with Gasteiger partial charge in [-0.2, -0.15) is 0 Å².